The van der Waals surface area contributed by atoms with E-state index >= 15 is 0 Å². The molecule has 90 valence electrons. The van der Waals surface area contributed by atoms with Crippen LogP contribution < -0.4 is 5.43 Å². The van der Waals surface area contributed by atoms with Crippen LogP contribution in [0.5, 0.6) is 0 Å². The third-order valence-corrected chi connectivity index (χ3v) is 3.07. The Labute approximate surface area is 110 Å². The number of halogens is 1. The molecule has 0 radical (unpaired) electrons. The van der Waals surface area contributed by atoms with E-state index in [4.69, 9.17) is 11.6 Å². The number of hydrogen-bond donors (Lipinski definition) is 1. The average Bonchev–Trinajstić information content (AvgIpc) is 2.69. The van der Waals surface area contributed by atoms with Crippen molar-refractivity contribution >= 4 is 28.3 Å². The van der Waals surface area contributed by atoms with Crippen LogP contribution in [-0.2, 0) is 0 Å². The summed E-state index contributed by atoms with van der Waals surface area (Å²) in [5, 5.41) is 0.729. The second-order valence-electron chi connectivity index (χ2n) is 4.10. The predicted octanol–water partition coefficient (Wildman–Crippen LogP) is 3.87. The average molecular weight is 258 g/mol. The fourth-order valence-electron chi connectivity index (χ4n) is 1.94. The second kappa shape index (κ2) is 4.35. The first-order valence-corrected chi connectivity index (χ1v) is 6.08. The summed E-state index contributed by atoms with van der Waals surface area (Å²) in [4.78, 5) is 4.50. The minimum atomic E-state index is 0.729. The molecule has 0 amide bonds. The van der Waals surface area contributed by atoms with Crippen molar-refractivity contribution in [1.82, 2.24) is 9.66 Å². The number of hydrogen-bond acceptors (Lipinski definition) is 2. The standard InChI is InChI=1S/C14H12ClN3/c1-10-16-13-4-2-3-5-14(13)18(10)17-12-8-6-11(15)7-9-12/h2-9,17H,1H3. The zero-order chi connectivity index (χ0) is 12.5. The number of aromatic nitrogens is 2. The van der Waals surface area contributed by atoms with E-state index in [0.717, 1.165) is 27.6 Å². The zero-order valence-corrected chi connectivity index (χ0v) is 10.6. The lowest BCUT2D eigenvalue weighted by Crippen LogP contribution is -2.10. The molecule has 0 saturated heterocycles. The highest BCUT2D eigenvalue weighted by atomic mass is 35.5. The maximum Gasteiger partial charge on any atom is 0.126 e. The van der Waals surface area contributed by atoms with E-state index in [-0.39, 0.29) is 0 Å². The van der Waals surface area contributed by atoms with Crippen molar-refractivity contribution in [2.45, 2.75) is 6.92 Å². The van der Waals surface area contributed by atoms with Crippen LogP contribution >= 0.6 is 11.6 Å². The largest absolute Gasteiger partial charge is 0.293 e. The number of fused-ring (bicyclic) bond motifs is 1. The van der Waals surface area contributed by atoms with Gasteiger partial charge in [-0.3, -0.25) is 5.43 Å². The van der Waals surface area contributed by atoms with Gasteiger partial charge in [-0.2, -0.15) is 0 Å². The molecule has 1 aromatic heterocycles. The van der Waals surface area contributed by atoms with Crippen molar-refractivity contribution in [2.24, 2.45) is 0 Å². The third-order valence-electron chi connectivity index (χ3n) is 2.81. The molecule has 0 spiro atoms. The molecule has 18 heavy (non-hydrogen) atoms. The predicted molar refractivity (Wildman–Crippen MR) is 74.9 cm³/mol. The highest BCUT2D eigenvalue weighted by Crippen LogP contribution is 2.18. The van der Waals surface area contributed by atoms with Gasteiger partial charge in [0.15, 0.2) is 0 Å². The molecule has 0 bridgehead atoms. The molecule has 2 aromatic carbocycles. The molecule has 1 N–H and O–H groups in total. The highest BCUT2D eigenvalue weighted by Gasteiger charge is 2.06. The normalized spacial score (nSPS) is 10.8. The lowest BCUT2D eigenvalue weighted by atomic mass is 10.3. The van der Waals surface area contributed by atoms with Crippen LogP contribution in [0.4, 0.5) is 5.69 Å². The van der Waals surface area contributed by atoms with Gasteiger partial charge in [0.25, 0.3) is 0 Å². The minimum Gasteiger partial charge on any atom is -0.293 e. The van der Waals surface area contributed by atoms with Crippen LogP contribution in [0, 0.1) is 6.92 Å². The monoisotopic (exact) mass is 257 g/mol. The fraction of sp³-hybridized carbons (Fsp3) is 0.0714. The quantitative estimate of drug-likeness (QED) is 0.755. The first-order valence-electron chi connectivity index (χ1n) is 5.71. The maximum atomic E-state index is 5.87. The van der Waals surface area contributed by atoms with E-state index in [0.29, 0.717) is 0 Å². The summed E-state index contributed by atoms with van der Waals surface area (Å²) in [7, 11) is 0. The number of nitrogens with zero attached hydrogens (tertiary/aromatic N) is 2. The number of anilines is 1. The van der Waals surface area contributed by atoms with Gasteiger partial charge in [0, 0.05) is 5.02 Å². The van der Waals surface area contributed by atoms with Gasteiger partial charge in [0.2, 0.25) is 0 Å². The molecule has 1 heterocycles. The second-order valence-corrected chi connectivity index (χ2v) is 4.54. The highest BCUT2D eigenvalue weighted by molar-refractivity contribution is 6.30. The molecule has 0 atom stereocenters. The number of nitrogens with one attached hydrogen (secondary N) is 1. The van der Waals surface area contributed by atoms with E-state index in [1.54, 1.807) is 0 Å². The molecule has 0 aliphatic heterocycles. The van der Waals surface area contributed by atoms with E-state index < -0.39 is 0 Å². The van der Waals surface area contributed by atoms with Gasteiger partial charge in [-0.05, 0) is 43.3 Å². The molecular weight excluding hydrogens is 246 g/mol. The van der Waals surface area contributed by atoms with Crippen molar-refractivity contribution in [3.8, 4) is 0 Å². The summed E-state index contributed by atoms with van der Waals surface area (Å²) in [6, 6.07) is 15.6. The summed E-state index contributed by atoms with van der Waals surface area (Å²) in [5.74, 6) is 0.922. The number of aryl methyl sites for hydroxylation is 1. The van der Waals surface area contributed by atoms with Crippen LogP contribution in [0.3, 0.4) is 0 Å². The van der Waals surface area contributed by atoms with E-state index in [1.807, 2.05) is 60.1 Å². The lowest BCUT2D eigenvalue weighted by Gasteiger charge is -2.10. The summed E-state index contributed by atoms with van der Waals surface area (Å²) < 4.78 is 1.97. The van der Waals surface area contributed by atoms with Crippen LogP contribution in [0.2, 0.25) is 5.02 Å². The molecule has 0 saturated carbocycles. The number of para-hydroxylation sites is 2. The Morgan fingerprint density at radius 1 is 1.06 bits per heavy atom. The Hall–Kier alpha value is -2.00. The molecule has 0 aliphatic rings. The Balaban J connectivity index is 2.04. The summed E-state index contributed by atoms with van der Waals surface area (Å²) in [6.07, 6.45) is 0. The van der Waals surface area contributed by atoms with Gasteiger partial charge in [-0.15, -0.1) is 0 Å². The summed E-state index contributed by atoms with van der Waals surface area (Å²) >= 11 is 5.87. The smallest absolute Gasteiger partial charge is 0.126 e. The Kier molecular flexibility index (Phi) is 2.68. The number of rotatable bonds is 2. The van der Waals surface area contributed by atoms with Gasteiger partial charge < -0.3 is 0 Å². The molecule has 0 unspecified atom stereocenters. The molecule has 3 aromatic rings. The molecule has 4 heteroatoms. The minimum absolute atomic E-state index is 0.729. The van der Waals surface area contributed by atoms with E-state index in [2.05, 4.69) is 10.4 Å². The molecule has 3 rings (SSSR count). The fourth-order valence-corrected chi connectivity index (χ4v) is 2.07. The van der Waals surface area contributed by atoms with Crippen LogP contribution in [-0.4, -0.2) is 9.66 Å². The van der Waals surface area contributed by atoms with Gasteiger partial charge >= 0.3 is 0 Å². The molecule has 0 aliphatic carbocycles. The Bertz CT molecular complexity index is 686. The zero-order valence-electron chi connectivity index (χ0n) is 9.89. The number of imidazole rings is 1. The van der Waals surface area contributed by atoms with Gasteiger partial charge in [-0.1, -0.05) is 23.7 Å². The van der Waals surface area contributed by atoms with E-state index in [9.17, 15) is 0 Å². The van der Waals surface area contributed by atoms with Crippen molar-refractivity contribution in [2.75, 3.05) is 5.43 Å². The lowest BCUT2D eigenvalue weighted by molar-refractivity contribution is 0.921. The Morgan fingerprint density at radius 2 is 1.78 bits per heavy atom. The van der Waals surface area contributed by atoms with Crippen molar-refractivity contribution in [3.05, 3.63) is 59.4 Å². The first kappa shape index (κ1) is 11.1. The maximum absolute atomic E-state index is 5.87. The third kappa shape index (κ3) is 1.93. The van der Waals surface area contributed by atoms with Crippen LogP contribution in [0.1, 0.15) is 5.82 Å². The van der Waals surface area contributed by atoms with Crippen molar-refractivity contribution in [1.29, 1.82) is 0 Å². The Morgan fingerprint density at radius 3 is 2.56 bits per heavy atom. The van der Waals surface area contributed by atoms with E-state index in [1.165, 1.54) is 0 Å². The SMILES string of the molecule is Cc1nc2ccccc2n1Nc1ccc(Cl)cc1. The summed E-state index contributed by atoms with van der Waals surface area (Å²) in [5.41, 5.74) is 6.34. The number of benzene rings is 2. The molecule has 3 nitrogen and oxygen atoms in total. The summed E-state index contributed by atoms with van der Waals surface area (Å²) in [6.45, 7) is 1.98. The van der Waals surface area contributed by atoms with Crippen molar-refractivity contribution < 1.29 is 0 Å². The molecular formula is C14H12ClN3. The topological polar surface area (TPSA) is 29.9 Å². The van der Waals surface area contributed by atoms with Gasteiger partial charge in [0.05, 0.1) is 16.7 Å². The van der Waals surface area contributed by atoms with Gasteiger partial charge in [-0.25, -0.2) is 9.66 Å². The van der Waals surface area contributed by atoms with Gasteiger partial charge in [0.1, 0.15) is 5.82 Å². The van der Waals surface area contributed by atoms with Crippen LogP contribution in [0.25, 0.3) is 11.0 Å². The van der Waals surface area contributed by atoms with Crippen molar-refractivity contribution in [3.63, 3.8) is 0 Å². The molecule has 0 fully saturated rings. The first-order chi connectivity index (χ1) is 8.74. The van der Waals surface area contributed by atoms with Crippen LogP contribution in [0.15, 0.2) is 48.5 Å².